The van der Waals surface area contributed by atoms with Gasteiger partial charge in [-0.25, -0.2) is 13.4 Å². The van der Waals surface area contributed by atoms with Crippen LogP contribution < -0.4 is 4.74 Å². The van der Waals surface area contributed by atoms with Crippen LogP contribution in [0, 0.1) is 0 Å². The van der Waals surface area contributed by atoms with E-state index >= 15 is 0 Å². The predicted molar refractivity (Wildman–Crippen MR) is 89.2 cm³/mol. The molecule has 0 bridgehead atoms. The van der Waals surface area contributed by atoms with Crippen molar-refractivity contribution < 1.29 is 13.2 Å². The number of aromatic nitrogens is 2. The van der Waals surface area contributed by atoms with Crippen LogP contribution in [0.1, 0.15) is 31.2 Å². The van der Waals surface area contributed by atoms with Crippen molar-refractivity contribution >= 4 is 10.0 Å². The Morgan fingerprint density at radius 2 is 2.00 bits per heavy atom. The molecule has 0 unspecified atom stereocenters. The number of H-pyrrole nitrogens is 1. The number of hydrogen-bond donors (Lipinski definition) is 1. The highest BCUT2D eigenvalue weighted by molar-refractivity contribution is 7.89. The Labute approximate surface area is 137 Å². The highest BCUT2D eigenvalue weighted by Crippen LogP contribution is 2.20. The summed E-state index contributed by atoms with van der Waals surface area (Å²) in [6, 6.07) is 7.61. The fourth-order valence-corrected chi connectivity index (χ4v) is 3.31. The lowest BCUT2D eigenvalue weighted by Gasteiger charge is -2.16. The van der Waals surface area contributed by atoms with Gasteiger partial charge in [0.05, 0.1) is 13.3 Å². The number of likely N-dealkylation sites (N-methyl/N-ethyl adjacent to an activating group) is 1. The number of nitrogens with one attached hydrogen (secondary N) is 1. The van der Waals surface area contributed by atoms with E-state index in [-0.39, 0.29) is 10.9 Å². The summed E-state index contributed by atoms with van der Waals surface area (Å²) in [6.45, 7) is 4.28. The number of rotatable bonds is 7. The maximum Gasteiger partial charge on any atom is 0.259 e. The smallest absolute Gasteiger partial charge is 0.259 e. The molecule has 0 aliphatic carbocycles. The van der Waals surface area contributed by atoms with Gasteiger partial charge in [0.25, 0.3) is 10.0 Å². The van der Waals surface area contributed by atoms with Crippen LogP contribution in [0.15, 0.2) is 35.5 Å². The van der Waals surface area contributed by atoms with Crippen molar-refractivity contribution in [3.8, 4) is 5.75 Å². The lowest BCUT2D eigenvalue weighted by Crippen LogP contribution is -2.29. The molecule has 0 aliphatic rings. The molecule has 0 saturated heterocycles. The average molecular weight is 337 g/mol. The van der Waals surface area contributed by atoms with Crippen LogP contribution in [0.25, 0.3) is 0 Å². The molecular formula is C16H23N3O3S. The summed E-state index contributed by atoms with van der Waals surface area (Å²) >= 11 is 0. The Kier molecular flexibility index (Phi) is 5.43. The molecule has 23 heavy (non-hydrogen) atoms. The van der Waals surface area contributed by atoms with Gasteiger partial charge >= 0.3 is 0 Å². The normalized spacial score (nSPS) is 12.1. The van der Waals surface area contributed by atoms with Crippen LogP contribution in [0.3, 0.4) is 0 Å². The Morgan fingerprint density at radius 3 is 2.61 bits per heavy atom. The number of imidazole rings is 1. The molecule has 126 valence electrons. The van der Waals surface area contributed by atoms with E-state index in [1.165, 1.54) is 10.5 Å². The number of hydrogen-bond acceptors (Lipinski definition) is 4. The Balaban J connectivity index is 2.10. The molecule has 1 heterocycles. The minimum atomic E-state index is -3.57. The van der Waals surface area contributed by atoms with Crippen LogP contribution in [0.2, 0.25) is 0 Å². The number of para-hydroxylation sites is 1. The molecule has 0 radical (unpaired) electrons. The first-order chi connectivity index (χ1) is 10.9. The summed E-state index contributed by atoms with van der Waals surface area (Å²) in [5.41, 5.74) is 0.976. The molecule has 1 N–H and O–H groups in total. The van der Waals surface area contributed by atoms with Gasteiger partial charge in [-0.15, -0.1) is 0 Å². The molecule has 1 aromatic carbocycles. The third-order valence-electron chi connectivity index (χ3n) is 3.70. The highest BCUT2D eigenvalue weighted by atomic mass is 32.2. The maximum atomic E-state index is 12.6. The molecule has 0 atom stereocenters. The first kappa shape index (κ1) is 17.5. The summed E-state index contributed by atoms with van der Waals surface area (Å²) < 4.78 is 31.8. The molecule has 0 saturated carbocycles. The van der Waals surface area contributed by atoms with Crippen molar-refractivity contribution in [2.75, 3.05) is 20.7 Å². The number of sulfonamides is 1. The number of ether oxygens (including phenoxy) is 1. The predicted octanol–water partition coefficient (Wildman–Crippen LogP) is 2.40. The van der Waals surface area contributed by atoms with Crippen molar-refractivity contribution in [1.82, 2.24) is 14.3 Å². The van der Waals surface area contributed by atoms with Gasteiger partial charge in [-0.3, -0.25) is 0 Å². The van der Waals surface area contributed by atoms with Crippen molar-refractivity contribution in [2.45, 2.75) is 31.2 Å². The summed E-state index contributed by atoms with van der Waals surface area (Å²) in [6.07, 6.45) is 1.95. The summed E-state index contributed by atoms with van der Waals surface area (Å²) in [4.78, 5) is 7.02. The van der Waals surface area contributed by atoms with E-state index in [1.807, 2.05) is 38.1 Å². The quantitative estimate of drug-likeness (QED) is 0.842. The second kappa shape index (κ2) is 7.14. The molecular weight excluding hydrogens is 314 g/mol. The lowest BCUT2D eigenvalue weighted by molar-refractivity contribution is 0.405. The summed E-state index contributed by atoms with van der Waals surface area (Å²) in [5.74, 6) is 1.58. The van der Waals surface area contributed by atoms with E-state index in [4.69, 9.17) is 4.74 Å². The number of benzene rings is 1. The van der Waals surface area contributed by atoms with Crippen LogP contribution in [0.5, 0.6) is 5.75 Å². The fourth-order valence-electron chi connectivity index (χ4n) is 2.22. The zero-order valence-electron chi connectivity index (χ0n) is 13.9. The minimum Gasteiger partial charge on any atom is -0.496 e. The third-order valence-corrected chi connectivity index (χ3v) is 5.46. The van der Waals surface area contributed by atoms with E-state index in [2.05, 4.69) is 9.97 Å². The van der Waals surface area contributed by atoms with Gasteiger partial charge in [0.15, 0.2) is 5.03 Å². The zero-order chi connectivity index (χ0) is 17.0. The Hall–Kier alpha value is -1.86. The van der Waals surface area contributed by atoms with Gasteiger partial charge in [-0.05, 0) is 18.1 Å². The zero-order valence-corrected chi connectivity index (χ0v) is 14.7. The van der Waals surface area contributed by atoms with Crippen LogP contribution in [0.4, 0.5) is 0 Å². The third kappa shape index (κ3) is 3.92. The molecule has 6 nitrogen and oxygen atoms in total. The largest absolute Gasteiger partial charge is 0.496 e. The first-order valence-corrected chi connectivity index (χ1v) is 8.93. The van der Waals surface area contributed by atoms with Crippen LogP contribution >= 0.6 is 0 Å². The Bertz CT molecular complexity index is 753. The standard InChI is InChI=1S/C16H23N3O3S/c1-12(2)16-17-11-15(18-16)23(20,21)19(3)10-9-13-7-5-6-8-14(13)22-4/h5-8,11-12H,9-10H2,1-4H3,(H,17,18). The van der Waals surface area contributed by atoms with Gasteiger partial charge in [0, 0.05) is 19.5 Å². The topological polar surface area (TPSA) is 75.3 Å². The molecule has 2 aromatic rings. The van der Waals surface area contributed by atoms with Crippen molar-refractivity contribution in [3.05, 3.63) is 41.9 Å². The second-order valence-electron chi connectivity index (χ2n) is 5.68. The molecule has 0 fully saturated rings. The number of methoxy groups -OCH3 is 1. The number of nitrogens with zero attached hydrogens (tertiary/aromatic N) is 2. The first-order valence-electron chi connectivity index (χ1n) is 7.49. The highest BCUT2D eigenvalue weighted by Gasteiger charge is 2.23. The van der Waals surface area contributed by atoms with Crippen molar-refractivity contribution in [3.63, 3.8) is 0 Å². The average Bonchev–Trinajstić information content (AvgIpc) is 3.03. The van der Waals surface area contributed by atoms with Gasteiger partial charge in [0.2, 0.25) is 0 Å². The lowest BCUT2D eigenvalue weighted by atomic mass is 10.1. The van der Waals surface area contributed by atoms with E-state index in [1.54, 1.807) is 14.2 Å². The number of aromatic amines is 1. The van der Waals surface area contributed by atoms with E-state index in [0.717, 1.165) is 11.3 Å². The molecule has 0 aliphatic heterocycles. The molecule has 0 amide bonds. The van der Waals surface area contributed by atoms with Crippen molar-refractivity contribution in [2.24, 2.45) is 0 Å². The fraction of sp³-hybridized carbons (Fsp3) is 0.438. The Morgan fingerprint density at radius 1 is 1.30 bits per heavy atom. The molecule has 0 spiro atoms. The van der Waals surface area contributed by atoms with E-state index < -0.39 is 10.0 Å². The van der Waals surface area contributed by atoms with E-state index in [0.29, 0.717) is 18.8 Å². The van der Waals surface area contributed by atoms with Crippen LogP contribution in [-0.4, -0.2) is 43.4 Å². The van der Waals surface area contributed by atoms with Gasteiger partial charge in [-0.1, -0.05) is 32.0 Å². The minimum absolute atomic E-state index is 0.128. The van der Waals surface area contributed by atoms with Crippen molar-refractivity contribution in [1.29, 1.82) is 0 Å². The summed E-state index contributed by atoms with van der Waals surface area (Å²) in [5, 5.41) is 0.128. The van der Waals surface area contributed by atoms with Crippen LogP contribution in [-0.2, 0) is 16.4 Å². The van der Waals surface area contributed by atoms with Gasteiger partial charge < -0.3 is 9.72 Å². The molecule has 7 heteroatoms. The second-order valence-corrected chi connectivity index (χ2v) is 7.69. The van der Waals surface area contributed by atoms with E-state index in [9.17, 15) is 8.42 Å². The van der Waals surface area contributed by atoms with Gasteiger partial charge in [0.1, 0.15) is 11.6 Å². The molecule has 2 rings (SSSR count). The van der Waals surface area contributed by atoms with Gasteiger partial charge in [-0.2, -0.15) is 4.31 Å². The monoisotopic (exact) mass is 337 g/mol. The SMILES string of the molecule is COc1ccccc1CCN(C)S(=O)(=O)c1cnc(C(C)C)[nH]1. The maximum absolute atomic E-state index is 12.6. The summed E-state index contributed by atoms with van der Waals surface area (Å²) in [7, 11) is -0.388. The molecule has 1 aromatic heterocycles.